The molecule has 7 nitrogen and oxygen atoms in total. The number of carbonyl (C=O) groups is 3. The monoisotopic (exact) mass is 435 g/mol. The second-order valence-electron chi connectivity index (χ2n) is 9.22. The zero-order valence-corrected chi connectivity index (χ0v) is 18.1. The molecule has 3 fully saturated rings. The van der Waals surface area contributed by atoms with Gasteiger partial charge in [0, 0.05) is 37.0 Å². The van der Waals surface area contributed by atoms with Gasteiger partial charge in [-0.2, -0.15) is 0 Å². The Morgan fingerprint density at radius 3 is 2.41 bits per heavy atom. The van der Waals surface area contributed by atoms with Crippen LogP contribution in [0.15, 0.2) is 36.4 Å². The van der Waals surface area contributed by atoms with Crippen molar-refractivity contribution >= 4 is 28.5 Å². The first kappa shape index (κ1) is 20.8. The summed E-state index contributed by atoms with van der Waals surface area (Å²) in [6.45, 7) is 1.59. The molecular formula is C25H29N3O4. The fourth-order valence-electron chi connectivity index (χ4n) is 4.97. The van der Waals surface area contributed by atoms with E-state index in [1.807, 2.05) is 24.3 Å². The molecule has 0 spiro atoms. The molecule has 3 amide bonds. The lowest BCUT2D eigenvalue weighted by atomic mass is 9.95. The number of hydrogen-bond acceptors (Lipinski definition) is 4. The number of rotatable bonds is 4. The molecule has 2 aliphatic heterocycles. The van der Waals surface area contributed by atoms with Crippen LogP contribution in [0.1, 0.15) is 48.9 Å². The maximum atomic E-state index is 13.3. The zero-order chi connectivity index (χ0) is 22.2. The Hall–Kier alpha value is -3.09. The third-order valence-corrected chi connectivity index (χ3v) is 7.03. The van der Waals surface area contributed by atoms with Gasteiger partial charge in [0.15, 0.2) is 0 Å². The number of likely N-dealkylation sites (tertiary alicyclic amines) is 2. The van der Waals surface area contributed by atoms with Gasteiger partial charge in [0.05, 0.1) is 5.56 Å². The minimum atomic E-state index is -0.509. The van der Waals surface area contributed by atoms with Crippen LogP contribution in [-0.4, -0.2) is 64.3 Å². The van der Waals surface area contributed by atoms with Crippen molar-refractivity contribution in [3.8, 4) is 5.75 Å². The molecule has 1 aliphatic carbocycles. The molecule has 2 aromatic rings. The van der Waals surface area contributed by atoms with Crippen LogP contribution in [0.2, 0.25) is 0 Å². The molecule has 2 aromatic carbocycles. The largest absolute Gasteiger partial charge is 0.506 e. The normalized spacial score (nSPS) is 21.7. The predicted molar refractivity (Wildman–Crippen MR) is 120 cm³/mol. The number of fused-ring (bicyclic) bond motifs is 1. The van der Waals surface area contributed by atoms with Gasteiger partial charge in [-0.05, 0) is 50.0 Å². The number of phenolic OH excluding ortho intramolecular Hbond substituents is 1. The van der Waals surface area contributed by atoms with Gasteiger partial charge < -0.3 is 20.2 Å². The lowest BCUT2D eigenvalue weighted by molar-refractivity contribution is -0.138. The lowest BCUT2D eigenvalue weighted by Crippen LogP contribution is -2.51. The molecule has 32 heavy (non-hydrogen) atoms. The number of amides is 3. The van der Waals surface area contributed by atoms with Crippen molar-refractivity contribution in [1.82, 2.24) is 15.1 Å². The van der Waals surface area contributed by atoms with Crippen LogP contribution in [0.3, 0.4) is 0 Å². The molecule has 168 valence electrons. The van der Waals surface area contributed by atoms with Crippen molar-refractivity contribution in [2.45, 2.75) is 50.6 Å². The molecule has 2 heterocycles. The van der Waals surface area contributed by atoms with Crippen molar-refractivity contribution in [3.05, 3.63) is 42.0 Å². The van der Waals surface area contributed by atoms with Gasteiger partial charge >= 0.3 is 0 Å². The first-order valence-corrected chi connectivity index (χ1v) is 11.6. The molecule has 7 heteroatoms. The fraction of sp³-hybridized carbons (Fsp3) is 0.480. The molecule has 2 saturated heterocycles. The Bertz CT molecular complexity index is 1060. The first-order valence-electron chi connectivity index (χ1n) is 11.6. The van der Waals surface area contributed by atoms with E-state index in [2.05, 4.69) is 5.32 Å². The van der Waals surface area contributed by atoms with E-state index in [4.69, 9.17) is 0 Å². The number of nitrogens with zero attached hydrogens (tertiary/aromatic N) is 2. The van der Waals surface area contributed by atoms with Gasteiger partial charge in [0.1, 0.15) is 11.8 Å². The highest BCUT2D eigenvalue weighted by molar-refractivity contribution is 6.05. The van der Waals surface area contributed by atoms with E-state index in [9.17, 15) is 19.5 Å². The van der Waals surface area contributed by atoms with E-state index >= 15 is 0 Å². The van der Waals surface area contributed by atoms with Crippen LogP contribution < -0.4 is 5.32 Å². The van der Waals surface area contributed by atoms with Gasteiger partial charge in [-0.1, -0.05) is 30.3 Å². The summed E-state index contributed by atoms with van der Waals surface area (Å²) in [5.74, 6) is -0.298. The van der Waals surface area contributed by atoms with Gasteiger partial charge in [-0.15, -0.1) is 0 Å². The summed E-state index contributed by atoms with van der Waals surface area (Å²) in [6.07, 6.45) is 4.85. The summed E-state index contributed by atoms with van der Waals surface area (Å²) in [7, 11) is 0. The SMILES string of the molecule is O=C(NC1CC1)C1CCN(C(=O)C2CCCN2C(=O)c2ccc3ccccc3c2O)CC1. The van der Waals surface area contributed by atoms with E-state index in [0.717, 1.165) is 24.6 Å². The summed E-state index contributed by atoms with van der Waals surface area (Å²) in [6, 6.07) is 10.7. The fourth-order valence-corrected chi connectivity index (χ4v) is 4.97. The maximum absolute atomic E-state index is 13.3. The Morgan fingerprint density at radius 1 is 0.906 bits per heavy atom. The van der Waals surface area contributed by atoms with E-state index in [1.165, 1.54) is 0 Å². The quantitative estimate of drug-likeness (QED) is 0.773. The summed E-state index contributed by atoms with van der Waals surface area (Å²) < 4.78 is 0. The Morgan fingerprint density at radius 2 is 1.66 bits per heavy atom. The summed E-state index contributed by atoms with van der Waals surface area (Å²) in [5, 5.41) is 15.3. The predicted octanol–water partition coefficient (Wildman–Crippen LogP) is 2.67. The number of nitrogens with one attached hydrogen (secondary N) is 1. The Labute approximate surface area is 187 Å². The number of piperidine rings is 1. The van der Waals surface area contributed by atoms with E-state index in [0.29, 0.717) is 50.3 Å². The Kier molecular flexibility index (Phi) is 5.49. The van der Waals surface area contributed by atoms with Crippen molar-refractivity contribution < 1.29 is 19.5 Å². The van der Waals surface area contributed by atoms with Gasteiger partial charge in [-0.3, -0.25) is 14.4 Å². The smallest absolute Gasteiger partial charge is 0.258 e. The van der Waals surface area contributed by atoms with E-state index in [-0.39, 0.29) is 35.0 Å². The highest BCUT2D eigenvalue weighted by atomic mass is 16.3. The van der Waals surface area contributed by atoms with Crippen LogP contribution in [0.5, 0.6) is 5.75 Å². The molecule has 0 aromatic heterocycles. The highest BCUT2D eigenvalue weighted by Crippen LogP contribution is 2.32. The number of benzene rings is 2. The number of carbonyl (C=O) groups excluding carboxylic acids is 3. The average Bonchev–Trinajstić information content (AvgIpc) is 3.50. The molecule has 5 rings (SSSR count). The molecule has 0 bridgehead atoms. The minimum absolute atomic E-state index is 0.0319. The number of aromatic hydroxyl groups is 1. The van der Waals surface area contributed by atoms with Crippen molar-refractivity contribution in [2.75, 3.05) is 19.6 Å². The molecule has 3 aliphatic rings. The number of phenols is 1. The second-order valence-corrected chi connectivity index (χ2v) is 9.22. The third-order valence-electron chi connectivity index (χ3n) is 7.03. The van der Waals surface area contributed by atoms with Crippen LogP contribution in [-0.2, 0) is 9.59 Å². The van der Waals surface area contributed by atoms with E-state index in [1.54, 1.807) is 21.9 Å². The van der Waals surface area contributed by atoms with Gasteiger partial charge in [-0.25, -0.2) is 0 Å². The molecule has 0 radical (unpaired) electrons. The molecule has 1 atom stereocenters. The standard InChI is InChI=1S/C25H29N3O4/c29-22-19-5-2-1-4-16(19)7-10-20(22)24(31)28-13-3-6-21(28)25(32)27-14-11-17(12-15-27)23(30)26-18-8-9-18/h1-2,4-5,7,10,17-18,21,29H,3,6,8-9,11-15H2,(H,26,30). The van der Waals surface area contributed by atoms with Crippen LogP contribution in [0.4, 0.5) is 0 Å². The Balaban J connectivity index is 1.26. The average molecular weight is 436 g/mol. The lowest BCUT2D eigenvalue weighted by Gasteiger charge is -2.35. The molecular weight excluding hydrogens is 406 g/mol. The highest BCUT2D eigenvalue weighted by Gasteiger charge is 2.39. The minimum Gasteiger partial charge on any atom is -0.506 e. The van der Waals surface area contributed by atoms with Crippen molar-refractivity contribution in [3.63, 3.8) is 0 Å². The summed E-state index contributed by atoms with van der Waals surface area (Å²) in [5.41, 5.74) is 0.235. The second kappa shape index (κ2) is 8.45. The molecule has 2 N–H and O–H groups in total. The van der Waals surface area contributed by atoms with Crippen molar-refractivity contribution in [1.29, 1.82) is 0 Å². The number of hydrogen-bond donors (Lipinski definition) is 2. The first-order chi connectivity index (χ1) is 15.5. The van der Waals surface area contributed by atoms with Crippen LogP contribution >= 0.6 is 0 Å². The topological polar surface area (TPSA) is 90.0 Å². The molecule has 1 saturated carbocycles. The van der Waals surface area contributed by atoms with Gasteiger partial charge in [0.2, 0.25) is 11.8 Å². The maximum Gasteiger partial charge on any atom is 0.258 e. The van der Waals surface area contributed by atoms with E-state index < -0.39 is 6.04 Å². The zero-order valence-electron chi connectivity index (χ0n) is 18.1. The third kappa shape index (κ3) is 3.92. The van der Waals surface area contributed by atoms with Gasteiger partial charge in [0.25, 0.3) is 5.91 Å². The molecule has 1 unspecified atom stereocenters. The van der Waals surface area contributed by atoms with Crippen LogP contribution in [0, 0.1) is 5.92 Å². The summed E-state index contributed by atoms with van der Waals surface area (Å²) >= 11 is 0. The van der Waals surface area contributed by atoms with Crippen LogP contribution in [0.25, 0.3) is 10.8 Å². The summed E-state index contributed by atoms with van der Waals surface area (Å²) in [4.78, 5) is 42.3. The van der Waals surface area contributed by atoms with Crippen molar-refractivity contribution in [2.24, 2.45) is 5.92 Å².